The number of hydrogen-bond donors (Lipinski definition) is 2. The van der Waals surface area contributed by atoms with Gasteiger partial charge in [-0.05, 0) is 6.42 Å². The normalized spacial score (nSPS) is 19.8. The maximum Gasteiger partial charge on any atom is 0.407 e. The zero-order valence-electron chi connectivity index (χ0n) is 8.43. The number of amides is 1. The Kier molecular flexibility index (Phi) is 3.09. The molecular formula is C9H11ClN4O2. The second-order valence-corrected chi connectivity index (χ2v) is 4.02. The highest BCUT2D eigenvalue weighted by Gasteiger charge is 2.25. The van der Waals surface area contributed by atoms with Crippen LogP contribution in [0, 0.1) is 0 Å². The van der Waals surface area contributed by atoms with Crippen molar-refractivity contribution >= 4 is 23.6 Å². The Hall–Kier alpha value is -1.56. The Morgan fingerprint density at radius 3 is 2.81 bits per heavy atom. The first-order valence-corrected chi connectivity index (χ1v) is 5.25. The van der Waals surface area contributed by atoms with Crippen LogP contribution in [-0.4, -0.2) is 45.2 Å². The van der Waals surface area contributed by atoms with Gasteiger partial charge in [0, 0.05) is 19.1 Å². The van der Waals surface area contributed by atoms with Crippen molar-refractivity contribution in [2.24, 2.45) is 0 Å². The predicted octanol–water partition coefficient (Wildman–Crippen LogP) is 1.29. The summed E-state index contributed by atoms with van der Waals surface area (Å²) >= 11 is 5.65. The minimum atomic E-state index is -0.888. The molecule has 16 heavy (non-hydrogen) atoms. The largest absolute Gasteiger partial charge is 0.465 e. The number of nitrogens with one attached hydrogen (secondary N) is 1. The van der Waals surface area contributed by atoms with Gasteiger partial charge in [0.05, 0.1) is 17.4 Å². The first kappa shape index (κ1) is 10.9. The summed E-state index contributed by atoms with van der Waals surface area (Å²) < 4.78 is 0. The molecule has 1 unspecified atom stereocenters. The van der Waals surface area contributed by atoms with Crippen molar-refractivity contribution in [3.63, 3.8) is 0 Å². The maximum atomic E-state index is 10.7. The zero-order chi connectivity index (χ0) is 11.5. The number of aromatic nitrogens is 2. The molecule has 1 aromatic heterocycles. The van der Waals surface area contributed by atoms with Gasteiger partial charge in [-0.2, -0.15) is 0 Å². The number of halogens is 1. The minimum absolute atomic E-state index is 0.0669. The second kappa shape index (κ2) is 4.52. The third-order valence-corrected chi connectivity index (χ3v) is 2.61. The van der Waals surface area contributed by atoms with E-state index in [1.54, 1.807) is 0 Å². The Balaban J connectivity index is 1.92. The van der Waals surface area contributed by atoms with E-state index >= 15 is 0 Å². The number of anilines is 1. The fourth-order valence-electron chi connectivity index (χ4n) is 1.62. The summed E-state index contributed by atoms with van der Waals surface area (Å²) in [6.45, 7) is 1.00. The Morgan fingerprint density at radius 1 is 1.56 bits per heavy atom. The quantitative estimate of drug-likeness (QED) is 0.817. The lowest BCUT2D eigenvalue weighted by Crippen LogP contribution is -2.30. The fraction of sp³-hybridized carbons (Fsp3) is 0.444. The van der Waals surface area contributed by atoms with Crippen LogP contribution in [0.4, 0.5) is 10.7 Å². The third kappa shape index (κ3) is 2.52. The van der Waals surface area contributed by atoms with Gasteiger partial charge in [-0.25, -0.2) is 14.8 Å². The first-order valence-electron chi connectivity index (χ1n) is 4.87. The monoisotopic (exact) mass is 242 g/mol. The highest BCUT2D eigenvalue weighted by molar-refractivity contribution is 6.30. The Bertz CT molecular complexity index is 384. The summed E-state index contributed by atoms with van der Waals surface area (Å²) in [5, 5.41) is 12.3. The van der Waals surface area contributed by atoms with E-state index in [0.717, 1.165) is 6.42 Å². The molecule has 6 nitrogen and oxygen atoms in total. The first-order chi connectivity index (χ1) is 7.65. The van der Waals surface area contributed by atoms with Gasteiger partial charge in [0.1, 0.15) is 0 Å². The van der Waals surface area contributed by atoms with Gasteiger partial charge in [-0.1, -0.05) is 11.6 Å². The average Bonchev–Trinajstić information content (AvgIpc) is 2.70. The van der Waals surface area contributed by atoms with E-state index < -0.39 is 6.09 Å². The maximum absolute atomic E-state index is 10.7. The fourth-order valence-corrected chi connectivity index (χ4v) is 1.72. The number of nitrogens with zero attached hydrogens (tertiary/aromatic N) is 3. The molecule has 1 amide bonds. The van der Waals surface area contributed by atoms with Gasteiger partial charge in [-0.3, -0.25) is 0 Å². The van der Waals surface area contributed by atoms with Crippen molar-refractivity contribution in [3.8, 4) is 0 Å². The van der Waals surface area contributed by atoms with Gasteiger partial charge in [0.25, 0.3) is 0 Å². The molecule has 7 heteroatoms. The molecule has 1 saturated heterocycles. The number of rotatable bonds is 2. The van der Waals surface area contributed by atoms with Gasteiger partial charge in [0.2, 0.25) is 5.95 Å². The van der Waals surface area contributed by atoms with Crippen LogP contribution >= 0.6 is 11.6 Å². The number of carboxylic acid groups (broad SMARTS) is 1. The lowest BCUT2D eigenvalue weighted by Gasteiger charge is -2.13. The van der Waals surface area contributed by atoms with Crippen LogP contribution in [0.15, 0.2) is 12.4 Å². The van der Waals surface area contributed by atoms with E-state index in [0.29, 0.717) is 24.1 Å². The molecule has 1 aromatic rings. The molecule has 1 aliphatic rings. The number of hydrogen-bond acceptors (Lipinski definition) is 4. The van der Waals surface area contributed by atoms with Gasteiger partial charge >= 0.3 is 6.09 Å². The second-order valence-electron chi connectivity index (χ2n) is 3.58. The van der Waals surface area contributed by atoms with Crippen LogP contribution in [-0.2, 0) is 0 Å². The van der Waals surface area contributed by atoms with Crippen LogP contribution in [0.2, 0.25) is 5.02 Å². The average molecular weight is 243 g/mol. The molecule has 1 fully saturated rings. The van der Waals surface area contributed by atoms with Crippen LogP contribution < -0.4 is 5.32 Å². The molecule has 86 valence electrons. The van der Waals surface area contributed by atoms with Crippen LogP contribution in [0.25, 0.3) is 0 Å². The van der Waals surface area contributed by atoms with Crippen molar-refractivity contribution < 1.29 is 9.90 Å². The van der Waals surface area contributed by atoms with Crippen molar-refractivity contribution in [2.45, 2.75) is 12.5 Å². The highest BCUT2D eigenvalue weighted by Crippen LogP contribution is 2.13. The SMILES string of the molecule is O=C(O)N1CCC(Nc2ncc(Cl)cn2)C1. The van der Waals surface area contributed by atoms with Crippen LogP contribution in [0.3, 0.4) is 0 Å². The summed E-state index contributed by atoms with van der Waals surface area (Å²) in [6, 6.07) is 0.0669. The van der Waals surface area contributed by atoms with Gasteiger partial charge in [-0.15, -0.1) is 0 Å². The number of carbonyl (C=O) groups is 1. The van der Waals surface area contributed by atoms with E-state index in [1.165, 1.54) is 17.3 Å². The zero-order valence-corrected chi connectivity index (χ0v) is 9.18. The highest BCUT2D eigenvalue weighted by atomic mass is 35.5. The summed E-state index contributed by atoms with van der Waals surface area (Å²) in [4.78, 5) is 20.0. The molecule has 0 radical (unpaired) electrons. The summed E-state index contributed by atoms with van der Waals surface area (Å²) in [5.74, 6) is 0.474. The molecule has 0 spiro atoms. The molecule has 0 bridgehead atoms. The topological polar surface area (TPSA) is 78.4 Å². The van der Waals surface area contributed by atoms with Crippen LogP contribution in [0.1, 0.15) is 6.42 Å². The van der Waals surface area contributed by atoms with Crippen molar-refractivity contribution in [3.05, 3.63) is 17.4 Å². The lowest BCUT2D eigenvalue weighted by molar-refractivity contribution is 0.155. The van der Waals surface area contributed by atoms with Gasteiger partial charge in [0.15, 0.2) is 0 Å². The summed E-state index contributed by atoms with van der Waals surface area (Å²) in [5.41, 5.74) is 0. The molecule has 0 saturated carbocycles. The third-order valence-electron chi connectivity index (χ3n) is 2.41. The molecule has 1 aliphatic heterocycles. The van der Waals surface area contributed by atoms with Crippen molar-refractivity contribution in [2.75, 3.05) is 18.4 Å². The molecule has 1 atom stereocenters. The summed E-state index contributed by atoms with van der Waals surface area (Å²) in [7, 11) is 0. The lowest BCUT2D eigenvalue weighted by atomic mass is 10.3. The van der Waals surface area contributed by atoms with E-state index in [-0.39, 0.29) is 6.04 Å². The Labute approximate surface area is 97.3 Å². The molecule has 0 aromatic carbocycles. The predicted molar refractivity (Wildman–Crippen MR) is 58.7 cm³/mol. The molecular weight excluding hydrogens is 232 g/mol. The Morgan fingerprint density at radius 2 is 2.25 bits per heavy atom. The minimum Gasteiger partial charge on any atom is -0.465 e. The molecule has 0 aliphatic carbocycles. The number of likely N-dealkylation sites (tertiary alicyclic amines) is 1. The van der Waals surface area contributed by atoms with Gasteiger partial charge < -0.3 is 15.3 Å². The molecule has 2 rings (SSSR count). The standard InChI is InChI=1S/C9H11ClN4O2/c10-6-3-11-8(12-4-6)13-7-1-2-14(5-7)9(15)16/h3-4,7H,1-2,5H2,(H,15,16)(H,11,12,13). The summed E-state index contributed by atoms with van der Waals surface area (Å²) in [6.07, 6.45) is 2.88. The van der Waals surface area contributed by atoms with E-state index in [1.807, 2.05) is 0 Å². The van der Waals surface area contributed by atoms with E-state index in [4.69, 9.17) is 16.7 Å². The molecule has 2 heterocycles. The van der Waals surface area contributed by atoms with Crippen LogP contribution in [0.5, 0.6) is 0 Å². The van der Waals surface area contributed by atoms with E-state index in [2.05, 4.69) is 15.3 Å². The van der Waals surface area contributed by atoms with Crippen molar-refractivity contribution in [1.82, 2.24) is 14.9 Å². The smallest absolute Gasteiger partial charge is 0.407 e. The molecule has 2 N–H and O–H groups in total. The van der Waals surface area contributed by atoms with Crippen molar-refractivity contribution in [1.29, 1.82) is 0 Å². The van der Waals surface area contributed by atoms with E-state index in [9.17, 15) is 4.79 Å².